The van der Waals surface area contributed by atoms with Gasteiger partial charge in [-0.1, -0.05) is 44.9 Å². The molecule has 252 valence electrons. The molecule has 7 nitrogen and oxygen atoms in total. The summed E-state index contributed by atoms with van der Waals surface area (Å²) in [4.78, 5) is 0. The molecule has 7 aliphatic rings. The van der Waals surface area contributed by atoms with E-state index in [1.165, 1.54) is 132 Å². The lowest BCUT2D eigenvalue weighted by Gasteiger charge is -2.07. The molecule has 7 fully saturated rings. The highest BCUT2D eigenvalue weighted by Gasteiger charge is 1.99. The summed E-state index contributed by atoms with van der Waals surface area (Å²) >= 11 is 0. The van der Waals surface area contributed by atoms with Gasteiger partial charge in [-0.15, -0.1) is 0 Å². The van der Waals surface area contributed by atoms with Crippen LogP contribution in [0.15, 0.2) is 0 Å². The second-order valence-corrected chi connectivity index (χ2v) is 22.4. The molecule has 0 saturated carbocycles. The van der Waals surface area contributed by atoms with E-state index in [1.54, 1.807) is 0 Å². The van der Waals surface area contributed by atoms with Crippen molar-refractivity contribution >= 4 is 68.3 Å². The van der Waals surface area contributed by atoms with Crippen molar-refractivity contribution in [2.24, 2.45) is 0 Å². The first-order valence-corrected chi connectivity index (χ1v) is 29.1. The van der Waals surface area contributed by atoms with E-state index in [4.69, 9.17) is 31.0 Å². The van der Waals surface area contributed by atoms with Crippen LogP contribution in [0.5, 0.6) is 0 Å². The zero-order valence-corrected chi connectivity index (χ0v) is 37.5. The Bertz CT molecular complexity index is 279. The molecule has 7 aliphatic heterocycles. The van der Waals surface area contributed by atoms with E-state index in [2.05, 4.69) is 0 Å². The minimum atomic E-state index is 0.00849. The van der Waals surface area contributed by atoms with Crippen molar-refractivity contribution in [2.75, 3.05) is 46.2 Å². The van der Waals surface area contributed by atoms with E-state index >= 15 is 0 Å². The fourth-order valence-electron chi connectivity index (χ4n) is 4.81. The quantitative estimate of drug-likeness (QED) is 0.357. The van der Waals surface area contributed by atoms with Crippen molar-refractivity contribution < 1.29 is 31.0 Å². The van der Waals surface area contributed by atoms with Crippen LogP contribution in [0.2, 0.25) is 42.3 Å². The van der Waals surface area contributed by atoms with Crippen molar-refractivity contribution in [1.29, 1.82) is 0 Å². The molecule has 0 aromatic rings. The highest BCUT2D eigenvalue weighted by Crippen LogP contribution is 2.04. The Morgan fingerprint density at radius 2 is 0.333 bits per heavy atom. The van der Waals surface area contributed by atoms with Crippen LogP contribution in [0.1, 0.15) is 89.9 Å². The van der Waals surface area contributed by atoms with Gasteiger partial charge in [0.15, 0.2) is 68.3 Å². The van der Waals surface area contributed by atoms with Gasteiger partial charge in [-0.05, 0) is 87.3 Å². The molecule has 42 heavy (non-hydrogen) atoms. The fourth-order valence-corrected chi connectivity index (χ4v) is 13.0. The van der Waals surface area contributed by atoms with Crippen molar-refractivity contribution in [1.82, 2.24) is 0 Å². The Balaban J connectivity index is 0.000000245. The number of hydrogen-bond donors (Lipinski definition) is 0. The van der Waals surface area contributed by atoms with Gasteiger partial charge in [0, 0.05) is 46.2 Å². The molecule has 0 atom stereocenters. The Labute approximate surface area is 276 Å². The molecule has 0 aromatic heterocycles. The SMILES string of the molecule is C1CC[SiH2]OC1.C1CC[SiH2]OC1.C1CC[SiH2]OC1.C1CC[SiH2]OC1.C1CC[SiH2]OC1.C1CC[SiH2]OC1.C1CC[SiH2]OC1. The molecule has 7 saturated heterocycles. The molecule has 0 spiro atoms. The summed E-state index contributed by atoms with van der Waals surface area (Å²) < 4.78 is 36.5. The molecule has 0 aromatic carbocycles. The van der Waals surface area contributed by atoms with Crippen molar-refractivity contribution in [3.05, 3.63) is 0 Å². The van der Waals surface area contributed by atoms with Gasteiger partial charge in [0.2, 0.25) is 0 Å². The van der Waals surface area contributed by atoms with Gasteiger partial charge in [-0.3, -0.25) is 0 Å². The zero-order chi connectivity index (χ0) is 29.7. The lowest BCUT2D eigenvalue weighted by molar-refractivity contribution is 0.304. The maximum Gasteiger partial charge on any atom is 0.161 e. The van der Waals surface area contributed by atoms with Crippen molar-refractivity contribution in [2.45, 2.75) is 132 Å². The summed E-state index contributed by atoms with van der Waals surface area (Å²) in [6, 6.07) is 9.92. The van der Waals surface area contributed by atoms with Crippen LogP contribution in [0, 0.1) is 0 Å². The lowest BCUT2D eigenvalue weighted by atomic mass is 10.4. The Morgan fingerprint density at radius 3 is 0.357 bits per heavy atom. The van der Waals surface area contributed by atoms with Crippen LogP contribution < -0.4 is 0 Å². The highest BCUT2D eigenvalue weighted by molar-refractivity contribution is 6.28. The third-order valence-corrected chi connectivity index (χ3v) is 17.1. The van der Waals surface area contributed by atoms with E-state index in [0.29, 0.717) is 0 Å². The lowest BCUT2D eigenvalue weighted by Crippen LogP contribution is -2.06. The topological polar surface area (TPSA) is 64.6 Å². The molecule has 14 heteroatoms. The fraction of sp³-hybridized carbons (Fsp3) is 1.00. The third-order valence-electron chi connectivity index (χ3n) is 7.54. The van der Waals surface area contributed by atoms with E-state index in [1.807, 2.05) is 0 Å². The van der Waals surface area contributed by atoms with Crippen LogP contribution in [0.25, 0.3) is 0 Å². The van der Waals surface area contributed by atoms with Gasteiger partial charge in [0.1, 0.15) is 0 Å². The maximum absolute atomic E-state index is 5.21. The Hall–Kier alpha value is 1.24. The summed E-state index contributed by atoms with van der Waals surface area (Å²) in [5, 5.41) is 0. The Kier molecular flexibility index (Phi) is 37.7. The van der Waals surface area contributed by atoms with E-state index in [-0.39, 0.29) is 68.3 Å². The molecule has 0 amide bonds. The minimum Gasteiger partial charge on any atom is -0.424 e. The van der Waals surface area contributed by atoms with Crippen LogP contribution in [0.4, 0.5) is 0 Å². The molecule has 0 bridgehead atoms. The second kappa shape index (κ2) is 38.4. The molecule has 0 aliphatic carbocycles. The van der Waals surface area contributed by atoms with Gasteiger partial charge >= 0.3 is 0 Å². The van der Waals surface area contributed by atoms with Crippen LogP contribution >= 0.6 is 0 Å². The van der Waals surface area contributed by atoms with Gasteiger partial charge < -0.3 is 31.0 Å². The summed E-state index contributed by atoms with van der Waals surface area (Å²) in [7, 11) is 0.0594. The maximum atomic E-state index is 5.21. The first-order valence-electron chi connectivity index (χ1n) is 18.0. The first kappa shape index (κ1) is 41.3. The van der Waals surface area contributed by atoms with Crippen LogP contribution in [-0.4, -0.2) is 115 Å². The number of hydrogen-bond acceptors (Lipinski definition) is 7. The van der Waals surface area contributed by atoms with Crippen molar-refractivity contribution in [3.8, 4) is 0 Å². The molecular formula is C28H70O7Si7. The molecule has 0 radical (unpaired) electrons. The van der Waals surface area contributed by atoms with Gasteiger partial charge in [0.25, 0.3) is 0 Å². The normalized spacial score (nSPS) is 28.0. The zero-order valence-electron chi connectivity index (χ0n) is 27.6. The molecule has 0 unspecified atom stereocenters. The van der Waals surface area contributed by atoms with Crippen molar-refractivity contribution in [3.63, 3.8) is 0 Å². The summed E-state index contributed by atoms with van der Waals surface area (Å²) in [5.41, 5.74) is 0. The van der Waals surface area contributed by atoms with Gasteiger partial charge in [-0.25, -0.2) is 0 Å². The average Bonchev–Trinajstić information content (AvgIpc) is 3.15. The summed E-state index contributed by atoms with van der Waals surface area (Å²) in [5.74, 6) is 0. The summed E-state index contributed by atoms with van der Waals surface area (Å²) in [6.07, 6.45) is 19.2. The standard InChI is InChI=1S/7C4H10OSi/c7*1-2-4-6-5-3-1/h7*1-4,6H2. The third kappa shape index (κ3) is 35.7. The molecule has 7 rings (SSSR count). The molecule has 0 N–H and O–H groups in total. The van der Waals surface area contributed by atoms with E-state index in [9.17, 15) is 0 Å². The predicted octanol–water partition coefficient (Wildman–Crippen LogP) is 2.09. The van der Waals surface area contributed by atoms with Crippen LogP contribution in [-0.2, 0) is 31.0 Å². The smallest absolute Gasteiger partial charge is 0.161 e. The Morgan fingerprint density at radius 1 is 0.190 bits per heavy atom. The van der Waals surface area contributed by atoms with E-state index in [0.717, 1.165) is 46.2 Å². The summed E-state index contributed by atoms with van der Waals surface area (Å²) in [6.45, 7) is 7.43. The molecular weight excluding hydrogens is 645 g/mol. The minimum absolute atomic E-state index is 0.00849. The highest BCUT2D eigenvalue weighted by atomic mass is 28.2. The first-order chi connectivity index (χ1) is 21.0. The predicted molar refractivity (Wildman–Crippen MR) is 200 cm³/mol. The van der Waals surface area contributed by atoms with Gasteiger partial charge in [-0.2, -0.15) is 0 Å². The van der Waals surface area contributed by atoms with E-state index < -0.39 is 0 Å². The van der Waals surface area contributed by atoms with Gasteiger partial charge in [0.05, 0.1) is 0 Å². The molecule has 7 heterocycles. The second-order valence-electron chi connectivity index (χ2n) is 11.7. The average molecular weight is 715 g/mol. The largest absolute Gasteiger partial charge is 0.424 e. The number of rotatable bonds is 0. The monoisotopic (exact) mass is 714 g/mol. The van der Waals surface area contributed by atoms with Crippen LogP contribution in [0.3, 0.4) is 0 Å².